The van der Waals surface area contributed by atoms with E-state index >= 15 is 0 Å². The van der Waals surface area contributed by atoms with E-state index in [0.29, 0.717) is 52.0 Å². The minimum absolute atomic E-state index is 0.262. The first-order valence-electron chi connectivity index (χ1n) is 10.7. The van der Waals surface area contributed by atoms with Crippen LogP contribution in [0.3, 0.4) is 0 Å². The molecule has 0 bridgehead atoms. The summed E-state index contributed by atoms with van der Waals surface area (Å²) in [4.78, 5) is 34.1. The van der Waals surface area contributed by atoms with Crippen molar-refractivity contribution in [2.45, 2.75) is 20.8 Å². The Morgan fingerprint density at radius 1 is 1.12 bits per heavy atom. The van der Waals surface area contributed by atoms with Gasteiger partial charge in [-0.1, -0.05) is 25.4 Å². The van der Waals surface area contributed by atoms with Crippen molar-refractivity contribution in [3.63, 3.8) is 0 Å². The van der Waals surface area contributed by atoms with Gasteiger partial charge in [-0.15, -0.1) is 0 Å². The van der Waals surface area contributed by atoms with Crippen molar-refractivity contribution in [2.75, 3.05) is 25.6 Å². The first-order chi connectivity index (χ1) is 16.3. The van der Waals surface area contributed by atoms with Gasteiger partial charge in [0, 0.05) is 30.3 Å². The molecule has 0 saturated heterocycles. The smallest absolute Gasteiger partial charge is 0.319 e. The summed E-state index contributed by atoms with van der Waals surface area (Å²) >= 11 is 6.32. The summed E-state index contributed by atoms with van der Waals surface area (Å²) in [6.07, 6.45) is 1.59. The van der Waals surface area contributed by atoms with Gasteiger partial charge in [-0.2, -0.15) is 0 Å². The number of pyridine rings is 1. The molecule has 3 amide bonds. The molecule has 180 valence electrons. The van der Waals surface area contributed by atoms with Gasteiger partial charge >= 0.3 is 6.03 Å². The van der Waals surface area contributed by atoms with Gasteiger partial charge in [0.15, 0.2) is 0 Å². The molecule has 0 aliphatic rings. The predicted molar refractivity (Wildman–Crippen MR) is 131 cm³/mol. The molecule has 0 saturated carbocycles. The monoisotopic (exact) mass is 486 g/mol. The minimum Gasteiger partial charge on any atom is -0.496 e. The summed E-state index contributed by atoms with van der Waals surface area (Å²) in [5, 5.41) is 6.22. The van der Waals surface area contributed by atoms with Crippen LogP contribution in [0, 0.1) is 5.92 Å². The lowest BCUT2D eigenvalue weighted by molar-refractivity contribution is 0.0207. The van der Waals surface area contributed by atoms with Crippen molar-refractivity contribution in [1.29, 1.82) is 0 Å². The Morgan fingerprint density at radius 3 is 2.59 bits per heavy atom. The van der Waals surface area contributed by atoms with Crippen LogP contribution in [0.1, 0.15) is 31.1 Å². The first kappa shape index (κ1) is 25.1. The van der Waals surface area contributed by atoms with E-state index in [1.807, 2.05) is 20.8 Å². The van der Waals surface area contributed by atoms with Crippen LogP contribution in [0.5, 0.6) is 17.2 Å². The van der Waals surface area contributed by atoms with Crippen molar-refractivity contribution < 1.29 is 23.9 Å². The standard InChI is InChI=1S/C24H27ClN4O5/c1-5-26-24(31)28-19-7-6-15(10-18(19)25)34-21-8-9-27-20-12-22(32-4)17(11-16(20)21)23(30)29-33-13-14(2)3/h6-12,14H,5,13H2,1-4H3,(H,29,30)(H2,26,28,31). The molecule has 1 aromatic heterocycles. The zero-order valence-electron chi connectivity index (χ0n) is 19.4. The molecule has 3 N–H and O–H groups in total. The van der Waals surface area contributed by atoms with Gasteiger partial charge in [0.2, 0.25) is 0 Å². The lowest BCUT2D eigenvalue weighted by Gasteiger charge is -2.14. The van der Waals surface area contributed by atoms with Gasteiger partial charge < -0.3 is 20.1 Å². The summed E-state index contributed by atoms with van der Waals surface area (Å²) < 4.78 is 11.4. The van der Waals surface area contributed by atoms with Crippen LogP contribution in [-0.2, 0) is 4.84 Å². The van der Waals surface area contributed by atoms with Crippen molar-refractivity contribution in [1.82, 2.24) is 15.8 Å². The van der Waals surface area contributed by atoms with Crippen LogP contribution in [-0.4, -0.2) is 37.2 Å². The number of ether oxygens (including phenoxy) is 2. The van der Waals surface area contributed by atoms with Crippen molar-refractivity contribution >= 4 is 40.1 Å². The van der Waals surface area contributed by atoms with Gasteiger partial charge in [0.1, 0.15) is 17.2 Å². The lowest BCUT2D eigenvalue weighted by atomic mass is 10.1. The first-order valence-corrected chi connectivity index (χ1v) is 11.1. The average Bonchev–Trinajstić information content (AvgIpc) is 2.80. The summed E-state index contributed by atoms with van der Waals surface area (Å²) in [5.41, 5.74) is 3.74. The van der Waals surface area contributed by atoms with Crippen molar-refractivity contribution in [3.05, 3.63) is 53.2 Å². The van der Waals surface area contributed by atoms with E-state index < -0.39 is 5.91 Å². The molecule has 0 aliphatic carbocycles. The molecule has 0 fully saturated rings. The van der Waals surface area contributed by atoms with Crippen molar-refractivity contribution in [3.8, 4) is 17.2 Å². The normalized spacial score (nSPS) is 10.8. The Hall–Kier alpha value is -3.56. The Balaban J connectivity index is 1.89. The number of carbonyl (C=O) groups is 2. The van der Waals surface area contributed by atoms with Crippen LogP contribution >= 0.6 is 11.6 Å². The average molecular weight is 487 g/mol. The number of fused-ring (bicyclic) bond motifs is 1. The molecule has 34 heavy (non-hydrogen) atoms. The third-order valence-electron chi connectivity index (χ3n) is 4.60. The number of nitrogens with one attached hydrogen (secondary N) is 3. The maximum atomic E-state index is 12.7. The zero-order valence-corrected chi connectivity index (χ0v) is 20.2. The van der Waals surface area contributed by atoms with E-state index in [2.05, 4.69) is 21.1 Å². The minimum atomic E-state index is -0.446. The number of hydroxylamine groups is 1. The Bertz CT molecular complexity index is 1190. The van der Waals surface area contributed by atoms with Crippen LogP contribution in [0.4, 0.5) is 10.5 Å². The number of urea groups is 1. The second kappa shape index (κ2) is 11.5. The number of hydrogen-bond acceptors (Lipinski definition) is 6. The van der Waals surface area contributed by atoms with E-state index in [9.17, 15) is 9.59 Å². The number of benzene rings is 2. The van der Waals surface area contributed by atoms with Gasteiger partial charge in [-0.05, 0) is 37.1 Å². The predicted octanol–water partition coefficient (Wildman–Crippen LogP) is 5.15. The van der Waals surface area contributed by atoms with Crippen LogP contribution in [0.15, 0.2) is 42.6 Å². The topological polar surface area (TPSA) is 111 Å². The van der Waals surface area contributed by atoms with Gasteiger partial charge in [-0.3, -0.25) is 14.6 Å². The summed E-state index contributed by atoms with van der Waals surface area (Å²) in [7, 11) is 1.48. The lowest BCUT2D eigenvalue weighted by Crippen LogP contribution is -2.28. The number of hydrogen-bond donors (Lipinski definition) is 3. The largest absolute Gasteiger partial charge is 0.496 e. The van der Waals surface area contributed by atoms with E-state index in [4.69, 9.17) is 25.9 Å². The summed E-state index contributed by atoms with van der Waals surface area (Å²) in [6.45, 7) is 6.65. The van der Waals surface area contributed by atoms with Crippen LogP contribution in [0.25, 0.3) is 10.9 Å². The fraction of sp³-hybridized carbons (Fsp3) is 0.292. The zero-order chi connectivity index (χ0) is 24.7. The number of rotatable bonds is 9. The maximum absolute atomic E-state index is 12.7. The fourth-order valence-electron chi connectivity index (χ4n) is 3.03. The quantitative estimate of drug-likeness (QED) is 0.361. The molecule has 0 aliphatic heterocycles. The second-order valence-electron chi connectivity index (χ2n) is 7.74. The molecule has 0 spiro atoms. The number of nitrogens with zero attached hydrogens (tertiary/aromatic N) is 1. The van der Waals surface area contributed by atoms with Gasteiger partial charge in [0.25, 0.3) is 5.91 Å². The number of methoxy groups -OCH3 is 1. The highest BCUT2D eigenvalue weighted by molar-refractivity contribution is 6.33. The number of carbonyl (C=O) groups excluding carboxylic acids is 2. The number of halogens is 1. The molecule has 0 unspecified atom stereocenters. The molecule has 0 atom stereocenters. The highest BCUT2D eigenvalue weighted by Gasteiger charge is 2.17. The van der Waals surface area contributed by atoms with Gasteiger partial charge in [0.05, 0.1) is 35.5 Å². The molecule has 2 aromatic carbocycles. The second-order valence-corrected chi connectivity index (χ2v) is 8.15. The Kier molecular flexibility index (Phi) is 8.50. The Morgan fingerprint density at radius 2 is 1.91 bits per heavy atom. The SMILES string of the molecule is CCNC(=O)Nc1ccc(Oc2ccnc3cc(OC)c(C(=O)NOCC(C)C)cc23)cc1Cl. The summed E-state index contributed by atoms with van der Waals surface area (Å²) in [6, 6.07) is 9.53. The molecular formula is C24H27ClN4O5. The van der Waals surface area contributed by atoms with E-state index in [1.54, 1.807) is 42.6 Å². The molecule has 10 heteroatoms. The number of amides is 3. The third-order valence-corrected chi connectivity index (χ3v) is 4.92. The molecule has 3 aromatic rings. The molecule has 3 rings (SSSR count). The summed E-state index contributed by atoms with van der Waals surface area (Å²) in [5.74, 6) is 1.08. The molecular weight excluding hydrogens is 460 g/mol. The van der Waals surface area contributed by atoms with E-state index in [-0.39, 0.29) is 17.5 Å². The molecule has 0 radical (unpaired) electrons. The number of aromatic nitrogens is 1. The van der Waals surface area contributed by atoms with Crippen LogP contribution < -0.4 is 25.6 Å². The van der Waals surface area contributed by atoms with E-state index in [0.717, 1.165) is 0 Å². The van der Waals surface area contributed by atoms with Crippen molar-refractivity contribution in [2.24, 2.45) is 5.92 Å². The number of anilines is 1. The highest BCUT2D eigenvalue weighted by atomic mass is 35.5. The third kappa shape index (κ3) is 6.27. The highest BCUT2D eigenvalue weighted by Crippen LogP contribution is 2.35. The Labute approximate surface area is 202 Å². The fourth-order valence-corrected chi connectivity index (χ4v) is 3.24. The molecule has 9 nitrogen and oxygen atoms in total. The van der Waals surface area contributed by atoms with Gasteiger partial charge in [-0.25, -0.2) is 10.3 Å². The molecule has 1 heterocycles. The van der Waals surface area contributed by atoms with E-state index in [1.165, 1.54) is 7.11 Å². The van der Waals surface area contributed by atoms with Crippen LogP contribution in [0.2, 0.25) is 5.02 Å². The maximum Gasteiger partial charge on any atom is 0.319 e.